The van der Waals surface area contributed by atoms with Gasteiger partial charge in [0.05, 0.1) is 22.8 Å². The van der Waals surface area contributed by atoms with E-state index < -0.39 is 0 Å². The van der Waals surface area contributed by atoms with Gasteiger partial charge in [0, 0.05) is 51.7 Å². The van der Waals surface area contributed by atoms with Crippen LogP contribution in [0.15, 0.2) is 24.4 Å². The van der Waals surface area contributed by atoms with Crippen molar-refractivity contribution >= 4 is 11.4 Å². The third-order valence-corrected chi connectivity index (χ3v) is 2.45. The zero-order valence-electron chi connectivity index (χ0n) is 9.76. The number of nitriles is 1. The minimum Gasteiger partial charge on any atom is -0.504 e. The molecule has 1 N–H and O–H groups in total. The summed E-state index contributed by atoms with van der Waals surface area (Å²) in [4.78, 5) is 11.6. The number of hydrogen-bond acceptors (Lipinski definition) is 3. The second-order valence-corrected chi connectivity index (χ2v) is 3.55. The summed E-state index contributed by atoms with van der Waals surface area (Å²) >= 11 is 0. The van der Waals surface area contributed by atoms with Crippen molar-refractivity contribution in [1.82, 2.24) is 14.9 Å². The number of pyridine rings is 1. The van der Waals surface area contributed by atoms with Gasteiger partial charge in [-0.2, -0.15) is 10.4 Å². The molecule has 0 saturated carbocycles. The number of fused-ring (bicyclic) bond motifs is 1. The molecule has 6 heteroatoms. The number of hydrogen-bond donors (Lipinski definition) is 1. The number of nitrogens with zero attached hydrogens (tertiary/aromatic N) is 3. The molecule has 1 amide bonds. The van der Waals surface area contributed by atoms with E-state index in [9.17, 15) is 4.79 Å². The van der Waals surface area contributed by atoms with E-state index in [-0.39, 0.29) is 38.6 Å². The van der Waals surface area contributed by atoms with Crippen molar-refractivity contribution < 1.29 is 37.5 Å². The van der Waals surface area contributed by atoms with Gasteiger partial charge in [-0.05, 0) is 18.2 Å². The van der Waals surface area contributed by atoms with Crippen LogP contribution in [-0.2, 0) is 39.1 Å². The van der Waals surface area contributed by atoms with Crippen LogP contribution in [0.25, 0.3) is 5.52 Å². The first-order valence-electron chi connectivity index (χ1n) is 5.18. The van der Waals surface area contributed by atoms with Crippen LogP contribution in [0.2, 0.25) is 0 Å². The predicted octanol–water partition coefficient (Wildman–Crippen LogP) is 1.31. The van der Waals surface area contributed by atoms with Gasteiger partial charge in [0.25, 0.3) is 0 Å². The first-order chi connectivity index (χ1) is 8.26. The number of nitrogens with one attached hydrogen (secondary N) is 1. The van der Waals surface area contributed by atoms with Crippen LogP contribution in [0.5, 0.6) is 0 Å². The fourth-order valence-electron chi connectivity index (χ4n) is 1.66. The molecule has 0 saturated heterocycles. The SMILES string of the molecule is [CH2-]NC(=O)c1cccn2nc(CCC#N)cc12.[Y]. The summed E-state index contributed by atoms with van der Waals surface area (Å²) in [5, 5.41) is 15.2. The van der Waals surface area contributed by atoms with Gasteiger partial charge >= 0.3 is 0 Å². The normalized spacial score (nSPS) is 9.56. The molecule has 0 aromatic carbocycles. The van der Waals surface area contributed by atoms with Crippen molar-refractivity contribution in [3.63, 3.8) is 0 Å². The quantitative estimate of drug-likeness (QED) is 0.868. The van der Waals surface area contributed by atoms with Crippen LogP contribution < -0.4 is 5.32 Å². The zero-order chi connectivity index (χ0) is 12.3. The Hall–Kier alpha value is -1.25. The number of carbonyl (C=O) groups is 1. The standard InChI is InChI=1S/C12H11N4O.Y/c1-14-12(17)10-5-3-7-16-11(10)8-9(15-16)4-2-6-13;/h3,5,7-8H,1-2,4H2,(H,14,17);/q-1;. The summed E-state index contributed by atoms with van der Waals surface area (Å²) in [6.07, 6.45) is 2.77. The maximum atomic E-state index is 11.6. The van der Waals surface area contributed by atoms with E-state index in [0.29, 0.717) is 18.4 Å². The van der Waals surface area contributed by atoms with E-state index >= 15 is 0 Å². The maximum absolute atomic E-state index is 11.6. The van der Waals surface area contributed by atoms with Crippen molar-refractivity contribution in [3.05, 3.63) is 42.7 Å². The Morgan fingerprint density at radius 3 is 3.06 bits per heavy atom. The molecule has 2 aromatic heterocycles. The smallest absolute Gasteiger partial charge is 0.224 e. The fraction of sp³-hybridized carbons (Fsp3) is 0.167. The van der Waals surface area contributed by atoms with Gasteiger partial charge in [0.2, 0.25) is 5.91 Å². The van der Waals surface area contributed by atoms with Crippen LogP contribution in [-0.4, -0.2) is 15.5 Å². The first-order valence-corrected chi connectivity index (χ1v) is 5.18. The number of aromatic nitrogens is 2. The molecular formula is C12H11N4OY-. The second-order valence-electron chi connectivity index (χ2n) is 3.55. The summed E-state index contributed by atoms with van der Waals surface area (Å²) in [7, 11) is 3.35. The van der Waals surface area contributed by atoms with E-state index in [2.05, 4.69) is 23.5 Å². The van der Waals surface area contributed by atoms with Gasteiger partial charge in [0.1, 0.15) is 0 Å². The Kier molecular flexibility index (Phi) is 5.45. The molecule has 0 spiro atoms. The molecule has 18 heavy (non-hydrogen) atoms. The van der Waals surface area contributed by atoms with Crippen LogP contribution in [0.1, 0.15) is 22.5 Å². The molecule has 0 aliphatic carbocycles. The summed E-state index contributed by atoms with van der Waals surface area (Å²) in [6, 6.07) is 7.35. The Labute approximate surface area is 130 Å². The van der Waals surface area contributed by atoms with Crippen molar-refractivity contribution in [2.75, 3.05) is 0 Å². The minimum absolute atomic E-state index is 0. The number of amides is 1. The third kappa shape index (κ3) is 2.95. The van der Waals surface area contributed by atoms with Crippen molar-refractivity contribution in [3.8, 4) is 6.07 Å². The summed E-state index contributed by atoms with van der Waals surface area (Å²) in [6.45, 7) is 0. The van der Waals surface area contributed by atoms with Crippen LogP contribution in [0, 0.1) is 18.4 Å². The molecule has 1 radical (unpaired) electrons. The molecular weight excluding hydrogens is 305 g/mol. The molecule has 5 nitrogen and oxygen atoms in total. The van der Waals surface area contributed by atoms with Gasteiger partial charge in [-0.3, -0.25) is 11.8 Å². The Morgan fingerprint density at radius 1 is 1.61 bits per heavy atom. The fourth-order valence-corrected chi connectivity index (χ4v) is 1.66. The number of rotatable bonds is 3. The molecule has 2 heterocycles. The van der Waals surface area contributed by atoms with Gasteiger partial charge < -0.3 is 5.32 Å². The third-order valence-electron chi connectivity index (χ3n) is 2.45. The molecule has 0 aliphatic rings. The topological polar surface area (TPSA) is 70.2 Å². The van der Waals surface area contributed by atoms with E-state index in [4.69, 9.17) is 5.26 Å². The molecule has 0 aliphatic heterocycles. The predicted molar refractivity (Wildman–Crippen MR) is 61.9 cm³/mol. The molecule has 89 valence electrons. The van der Waals surface area contributed by atoms with E-state index in [1.54, 1.807) is 22.8 Å². The zero-order valence-corrected chi connectivity index (χ0v) is 12.6. The van der Waals surface area contributed by atoms with E-state index in [1.807, 2.05) is 6.07 Å². The maximum Gasteiger partial charge on any atom is 0.224 e. The Bertz CT molecular complexity index is 600. The summed E-state index contributed by atoms with van der Waals surface area (Å²) in [5.41, 5.74) is 2.05. The van der Waals surface area contributed by atoms with Crippen molar-refractivity contribution in [1.29, 1.82) is 5.26 Å². The van der Waals surface area contributed by atoms with Crippen LogP contribution in [0.3, 0.4) is 0 Å². The minimum atomic E-state index is -0.248. The Morgan fingerprint density at radius 2 is 2.39 bits per heavy atom. The van der Waals surface area contributed by atoms with Crippen LogP contribution >= 0.6 is 0 Å². The molecule has 2 rings (SSSR count). The average molecular weight is 316 g/mol. The second kappa shape index (κ2) is 6.62. The molecule has 0 unspecified atom stereocenters. The van der Waals surface area contributed by atoms with Crippen LogP contribution in [0.4, 0.5) is 0 Å². The summed E-state index contributed by atoms with van der Waals surface area (Å²) in [5.74, 6) is -0.248. The number of aryl methyl sites for hydroxylation is 1. The van der Waals surface area contributed by atoms with Gasteiger partial charge in [-0.15, -0.1) is 0 Å². The number of carbonyl (C=O) groups excluding carboxylic acids is 1. The van der Waals surface area contributed by atoms with Crippen molar-refractivity contribution in [2.45, 2.75) is 12.8 Å². The molecule has 2 aromatic rings. The first kappa shape index (κ1) is 14.8. The molecule has 0 atom stereocenters. The largest absolute Gasteiger partial charge is 0.504 e. The van der Waals surface area contributed by atoms with Gasteiger partial charge in [0.15, 0.2) is 0 Å². The van der Waals surface area contributed by atoms with E-state index in [0.717, 1.165) is 11.2 Å². The molecule has 0 bridgehead atoms. The van der Waals surface area contributed by atoms with E-state index in [1.165, 1.54) is 0 Å². The van der Waals surface area contributed by atoms with Gasteiger partial charge in [-0.25, -0.2) is 4.52 Å². The molecule has 0 fully saturated rings. The van der Waals surface area contributed by atoms with Gasteiger partial charge in [-0.1, -0.05) is 0 Å². The Balaban J connectivity index is 0.00000162. The monoisotopic (exact) mass is 316 g/mol. The average Bonchev–Trinajstić information content (AvgIpc) is 2.77. The summed E-state index contributed by atoms with van der Waals surface area (Å²) < 4.78 is 1.64. The van der Waals surface area contributed by atoms with Crippen molar-refractivity contribution in [2.24, 2.45) is 0 Å².